The van der Waals surface area contributed by atoms with E-state index < -0.39 is 48.5 Å². The first-order chi connectivity index (χ1) is 16.2. The van der Waals surface area contributed by atoms with E-state index in [9.17, 15) is 28.3 Å². The van der Waals surface area contributed by atoms with E-state index in [1.807, 2.05) is 48.5 Å². The number of carbonyl (C=O) groups excluding carboxylic acids is 2. The van der Waals surface area contributed by atoms with Crippen LogP contribution in [0.4, 0.5) is 13.6 Å². The van der Waals surface area contributed by atoms with Crippen LogP contribution < -0.4 is 10.6 Å². The molecule has 2 atom stereocenters. The zero-order valence-corrected chi connectivity index (χ0v) is 18.0. The van der Waals surface area contributed by atoms with Gasteiger partial charge >= 0.3 is 18.0 Å². The molecule has 0 bridgehead atoms. The molecule has 8 nitrogen and oxygen atoms in total. The number of hydrogen-bond donors (Lipinski definition) is 4. The van der Waals surface area contributed by atoms with Crippen molar-refractivity contribution < 1.29 is 38.1 Å². The predicted octanol–water partition coefficient (Wildman–Crippen LogP) is 2.50. The molecule has 2 aliphatic rings. The predicted molar refractivity (Wildman–Crippen MR) is 116 cm³/mol. The maximum atomic E-state index is 14.8. The fourth-order valence-corrected chi connectivity index (χ4v) is 4.24. The van der Waals surface area contributed by atoms with Crippen LogP contribution in [0.1, 0.15) is 29.9 Å². The lowest BCUT2D eigenvalue weighted by molar-refractivity contribution is -0.153. The summed E-state index contributed by atoms with van der Waals surface area (Å²) in [6, 6.07) is 13.6. The van der Waals surface area contributed by atoms with Gasteiger partial charge in [-0.1, -0.05) is 48.5 Å². The highest BCUT2D eigenvalue weighted by Crippen LogP contribution is 2.44. The molecule has 1 unspecified atom stereocenters. The lowest BCUT2D eigenvalue weighted by Crippen LogP contribution is -2.57. The summed E-state index contributed by atoms with van der Waals surface area (Å²) in [5, 5.41) is 21.7. The Morgan fingerprint density at radius 2 is 1.59 bits per heavy atom. The van der Waals surface area contributed by atoms with Crippen LogP contribution in [0.25, 0.3) is 11.1 Å². The highest BCUT2D eigenvalue weighted by molar-refractivity contribution is 5.86. The topological polar surface area (TPSA) is 125 Å². The van der Waals surface area contributed by atoms with Gasteiger partial charge in [-0.25, -0.2) is 9.59 Å². The molecule has 10 heteroatoms. The summed E-state index contributed by atoms with van der Waals surface area (Å²) in [6.45, 7) is -0.952. The van der Waals surface area contributed by atoms with E-state index >= 15 is 0 Å². The van der Waals surface area contributed by atoms with Gasteiger partial charge in [0.15, 0.2) is 6.10 Å². The largest absolute Gasteiger partial charge is 0.479 e. The molecule has 180 valence electrons. The van der Waals surface area contributed by atoms with Gasteiger partial charge in [-0.05, 0) is 41.0 Å². The molecule has 2 aromatic carbocycles. The summed E-state index contributed by atoms with van der Waals surface area (Å²) >= 11 is 0. The smallest absolute Gasteiger partial charge is 0.407 e. The Balaban J connectivity index is 1.40. The molecule has 0 radical (unpaired) electrons. The van der Waals surface area contributed by atoms with E-state index in [-0.39, 0.29) is 12.5 Å². The lowest BCUT2D eigenvalue weighted by Gasteiger charge is -2.27. The molecular formula is C24H24F2N2O6. The van der Waals surface area contributed by atoms with Gasteiger partial charge in [0.25, 0.3) is 5.91 Å². The molecule has 34 heavy (non-hydrogen) atoms. The number of benzene rings is 2. The van der Waals surface area contributed by atoms with Crippen LogP contribution in [-0.4, -0.2) is 59.4 Å². The second-order valence-corrected chi connectivity index (χ2v) is 8.47. The molecular weight excluding hydrogens is 450 g/mol. The fraction of sp³-hybridized carbons (Fsp3) is 0.375. The number of carboxylic acid groups (broad SMARTS) is 1. The van der Waals surface area contributed by atoms with E-state index in [1.165, 1.54) is 0 Å². The molecule has 0 heterocycles. The van der Waals surface area contributed by atoms with Crippen molar-refractivity contribution in [1.82, 2.24) is 10.6 Å². The normalized spacial score (nSPS) is 16.7. The molecule has 0 spiro atoms. The van der Waals surface area contributed by atoms with Gasteiger partial charge in [0, 0.05) is 5.92 Å². The number of alkyl carbamates (subject to hydrolysis) is 1. The van der Waals surface area contributed by atoms with Gasteiger partial charge in [-0.3, -0.25) is 4.79 Å². The van der Waals surface area contributed by atoms with E-state index in [1.54, 1.807) is 5.32 Å². The Kier molecular flexibility index (Phi) is 6.52. The molecule has 0 saturated heterocycles. The molecule has 2 aliphatic carbocycles. The number of amides is 2. The second-order valence-electron chi connectivity index (χ2n) is 8.47. The molecule has 0 aliphatic heterocycles. The maximum absolute atomic E-state index is 14.8. The number of fused-ring (bicyclic) bond motifs is 3. The van der Waals surface area contributed by atoms with E-state index in [4.69, 9.17) is 9.84 Å². The zero-order chi connectivity index (χ0) is 24.5. The second kappa shape index (κ2) is 9.38. The lowest BCUT2D eigenvalue weighted by atomic mass is 9.98. The van der Waals surface area contributed by atoms with E-state index in [0.717, 1.165) is 22.3 Å². The standard InChI is InChI=1S/C24H24F2N2O6/c25-24(26,22(32)27-11-19(29)21(30)31)20(13-9-10-13)28-23(33)34-12-18-16-7-3-1-5-14(16)15-6-2-4-8-17(15)18/h1-8,13,18-20,29H,9-12H2,(H,27,32)(H,28,33)(H,30,31)/t19-,20?/m0/s1. The Hall–Kier alpha value is -3.53. The number of carboxylic acids is 1. The minimum Gasteiger partial charge on any atom is -0.479 e. The van der Waals surface area contributed by atoms with Crippen LogP contribution in [-0.2, 0) is 14.3 Å². The number of aliphatic carboxylic acids is 1. The molecule has 0 aromatic heterocycles. The Labute approximate surface area is 193 Å². The molecule has 1 saturated carbocycles. The first-order valence-electron chi connectivity index (χ1n) is 10.9. The number of carbonyl (C=O) groups is 3. The van der Waals surface area contributed by atoms with Crippen LogP contribution in [0.5, 0.6) is 0 Å². The average molecular weight is 474 g/mol. The molecule has 1 fully saturated rings. The van der Waals surface area contributed by atoms with Crippen molar-refractivity contribution in [2.75, 3.05) is 13.2 Å². The number of ether oxygens (including phenoxy) is 1. The SMILES string of the molecule is O=C(NC(C1CC1)C(F)(F)C(=O)NC[C@H](O)C(=O)O)OCC1c2ccccc2-c2ccccc21. The summed E-state index contributed by atoms with van der Waals surface area (Å²) in [4.78, 5) is 35.1. The third-order valence-electron chi connectivity index (χ3n) is 6.14. The van der Waals surface area contributed by atoms with Crippen molar-refractivity contribution >= 4 is 18.0 Å². The van der Waals surface area contributed by atoms with Crippen LogP contribution >= 0.6 is 0 Å². The maximum Gasteiger partial charge on any atom is 0.407 e. The third-order valence-corrected chi connectivity index (χ3v) is 6.14. The number of alkyl halides is 2. The highest BCUT2D eigenvalue weighted by Gasteiger charge is 2.54. The van der Waals surface area contributed by atoms with Gasteiger partial charge in [0.1, 0.15) is 12.6 Å². The van der Waals surface area contributed by atoms with Gasteiger partial charge in [-0.2, -0.15) is 8.78 Å². The number of rotatable bonds is 9. The quantitative estimate of drug-likeness (QED) is 0.443. The van der Waals surface area contributed by atoms with E-state index in [0.29, 0.717) is 12.8 Å². The van der Waals surface area contributed by atoms with Crippen LogP contribution in [0, 0.1) is 5.92 Å². The van der Waals surface area contributed by atoms with Crippen LogP contribution in [0.2, 0.25) is 0 Å². The molecule has 4 rings (SSSR count). The first-order valence-corrected chi connectivity index (χ1v) is 10.9. The summed E-state index contributed by atoms with van der Waals surface area (Å²) in [6.07, 6.45) is -2.30. The Bertz CT molecular complexity index is 1060. The summed E-state index contributed by atoms with van der Waals surface area (Å²) in [5.74, 6) is -8.32. The molecule has 4 N–H and O–H groups in total. The highest BCUT2D eigenvalue weighted by atomic mass is 19.3. The fourth-order valence-electron chi connectivity index (χ4n) is 4.24. The number of aliphatic hydroxyl groups excluding tert-OH is 1. The zero-order valence-electron chi connectivity index (χ0n) is 18.0. The van der Waals surface area contributed by atoms with Crippen LogP contribution in [0.3, 0.4) is 0 Å². The van der Waals surface area contributed by atoms with Gasteiger partial charge in [0.05, 0.1) is 6.54 Å². The summed E-state index contributed by atoms with van der Waals surface area (Å²) in [5.41, 5.74) is 3.98. The number of aliphatic hydroxyl groups is 1. The number of nitrogens with one attached hydrogen (secondary N) is 2. The number of halogens is 2. The van der Waals surface area contributed by atoms with Crippen molar-refractivity contribution in [3.63, 3.8) is 0 Å². The van der Waals surface area contributed by atoms with Gasteiger partial charge < -0.3 is 25.6 Å². The Morgan fingerprint density at radius 1 is 1.03 bits per heavy atom. The van der Waals surface area contributed by atoms with Crippen molar-refractivity contribution in [3.05, 3.63) is 59.7 Å². The Morgan fingerprint density at radius 3 is 2.12 bits per heavy atom. The minimum atomic E-state index is -4.02. The molecule has 2 aromatic rings. The van der Waals surface area contributed by atoms with Crippen molar-refractivity contribution in [1.29, 1.82) is 0 Å². The van der Waals surface area contributed by atoms with Crippen molar-refractivity contribution in [3.8, 4) is 11.1 Å². The monoisotopic (exact) mass is 474 g/mol. The summed E-state index contributed by atoms with van der Waals surface area (Å²) in [7, 11) is 0. The van der Waals surface area contributed by atoms with Crippen molar-refractivity contribution in [2.24, 2.45) is 5.92 Å². The van der Waals surface area contributed by atoms with E-state index in [2.05, 4.69) is 5.32 Å². The van der Waals surface area contributed by atoms with Crippen LogP contribution in [0.15, 0.2) is 48.5 Å². The minimum absolute atomic E-state index is 0.0696. The third kappa shape index (κ3) is 4.72. The molecule has 2 amide bonds. The van der Waals surface area contributed by atoms with Crippen molar-refractivity contribution in [2.45, 2.75) is 36.8 Å². The van der Waals surface area contributed by atoms with Gasteiger partial charge in [0.2, 0.25) is 0 Å². The van der Waals surface area contributed by atoms with Gasteiger partial charge in [-0.15, -0.1) is 0 Å². The first kappa shape index (κ1) is 23.6. The average Bonchev–Trinajstić information content (AvgIpc) is 3.61. The summed E-state index contributed by atoms with van der Waals surface area (Å²) < 4.78 is 34.9. The number of hydrogen-bond acceptors (Lipinski definition) is 5.